The first-order chi connectivity index (χ1) is 11.2. The van der Waals surface area contributed by atoms with Crippen LogP contribution in [0.15, 0.2) is 29.3 Å². The first kappa shape index (κ1) is 16.5. The van der Waals surface area contributed by atoms with E-state index in [4.69, 9.17) is 23.7 Å². The molecule has 1 aromatic carbocycles. The monoisotopic (exact) mass is 322 g/mol. The van der Waals surface area contributed by atoms with Gasteiger partial charge >= 0.3 is 5.91 Å². The van der Waals surface area contributed by atoms with Gasteiger partial charge in [0.2, 0.25) is 11.5 Å². The smallest absolute Gasteiger partial charge is 0.309 e. The Morgan fingerprint density at radius 1 is 1.17 bits per heavy atom. The molecule has 0 aliphatic carbocycles. The molecule has 0 unspecified atom stereocenters. The van der Waals surface area contributed by atoms with Gasteiger partial charge in [0.05, 0.1) is 27.5 Å². The van der Waals surface area contributed by atoms with Crippen molar-refractivity contribution in [1.29, 1.82) is 0 Å². The summed E-state index contributed by atoms with van der Waals surface area (Å²) in [6, 6.07) is 3.41. The Labute approximate surface area is 133 Å². The van der Waals surface area contributed by atoms with Crippen LogP contribution in [0.25, 0.3) is 0 Å². The minimum atomic E-state index is -0.492. The molecule has 0 fully saturated rings. The van der Waals surface area contributed by atoms with Crippen molar-refractivity contribution in [3.63, 3.8) is 0 Å². The summed E-state index contributed by atoms with van der Waals surface area (Å²) in [5, 5.41) is 3.87. The molecule has 1 aromatic rings. The zero-order valence-corrected chi connectivity index (χ0v) is 13.1. The molecule has 2 rings (SSSR count). The Kier molecular flexibility index (Phi) is 5.67. The minimum absolute atomic E-state index is 0.0818. The molecule has 0 atom stereocenters. The van der Waals surface area contributed by atoms with Crippen LogP contribution in [0.4, 0.5) is 0 Å². The normalized spacial score (nSPS) is 13.6. The average molecular weight is 322 g/mol. The Morgan fingerprint density at radius 2 is 1.87 bits per heavy atom. The van der Waals surface area contributed by atoms with Crippen LogP contribution >= 0.6 is 0 Å². The molecule has 0 saturated heterocycles. The van der Waals surface area contributed by atoms with E-state index in [0.717, 1.165) is 0 Å². The summed E-state index contributed by atoms with van der Waals surface area (Å²) >= 11 is 0. The molecule has 0 spiro atoms. The van der Waals surface area contributed by atoms with Gasteiger partial charge < -0.3 is 23.7 Å². The second-order valence-electron chi connectivity index (χ2n) is 4.36. The number of methoxy groups -OCH3 is 3. The lowest BCUT2D eigenvalue weighted by Gasteiger charge is -2.13. The Morgan fingerprint density at radius 3 is 2.39 bits per heavy atom. The standard InChI is InChI=1S/C15H18N2O6/c1-19-11-6-10(7-12(20-2)14(11)21-3)8-16-17-15(18)13-9-22-4-5-23-13/h6-9H,4-5H2,1-3H3,(H,17,18). The molecule has 1 N–H and O–H groups in total. The second kappa shape index (κ2) is 7.92. The number of carbonyl (C=O) groups is 1. The Balaban J connectivity index is 2.10. The lowest BCUT2D eigenvalue weighted by atomic mass is 10.2. The van der Waals surface area contributed by atoms with E-state index < -0.39 is 5.91 Å². The number of amides is 1. The SMILES string of the molecule is COc1cc(C=NNC(=O)C2=COCCO2)cc(OC)c1OC. The molecule has 8 heteroatoms. The lowest BCUT2D eigenvalue weighted by molar-refractivity contribution is -0.122. The van der Waals surface area contributed by atoms with Crippen LogP contribution in [0.3, 0.4) is 0 Å². The average Bonchev–Trinajstić information content (AvgIpc) is 2.61. The summed E-state index contributed by atoms with van der Waals surface area (Å²) in [7, 11) is 4.56. The van der Waals surface area contributed by atoms with E-state index in [1.165, 1.54) is 33.8 Å². The second-order valence-corrected chi connectivity index (χ2v) is 4.36. The van der Waals surface area contributed by atoms with Crippen LogP contribution in [0.5, 0.6) is 17.2 Å². The highest BCUT2D eigenvalue weighted by Gasteiger charge is 2.14. The maximum absolute atomic E-state index is 11.8. The van der Waals surface area contributed by atoms with Crippen LogP contribution in [0, 0.1) is 0 Å². The molecule has 124 valence electrons. The van der Waals surface area contributed by atoms with Crippen molar-refractivity contribution in [2.45, 2.75) is 0 Å². The van der Waals surface area contributed by atoms with Gasteiger partial charge in [0.25, 0.3) is 0 Å². The van der Waals surface area contributed by atoms with Crippen LogP contribution in [-0.4, -0.2) is 46.7 Å². The number of ether oxygens (including phenoxy) is 5. The Hall–Kier alpha value is -2.90. The predicted octanol–water partition coefficient (Wildman–Crippen LogP) is 1.05. The zero-order valence-electron chi connectivity index (χ0n) is 13.1. The third-order valence-electron chi connectivity index (χ3n) is 2.94. The highest BCUT2D eigenvalue weighted by atomic mass is 16.6. The number of hydrogen-bond acceptors (Lipinski definition) is 7. The first-order valence-electron chi connectivity index (χ1n) is 6.77. The van der Waals surface area contributed by atoms with Gasteiger partial charge in [-0.05, 0) is 12.1 Å². The molecule has 1 heterocycles. The molecule has 23 heavy (non-hydrogen) atoms. The van der Waals surface area contributed by atoms with E-state index in [-0.39, 0.29) is 5.76 Å². The van der Waals surface area contributed by atoms with Gasteiger partial charge in [0.15, 0.2) is 11.5 Å². The fourth-order valence-electron chi connectivity index (χ4n) is 1.88. The van der Waals surface area contributed by atoms with Crippen molar-refractivity contribution >= 4 is 12.1 Å². The number of benzene rings is 1. The molecule has 8 nitrogen and oxygen atoms in total. The molecule has 1 aliphatic heterocycles. The van der Waals surface area contributed by atoms with E-state index in [2.05, 4.69) is 10.5 Å². The van der Waals surface area contributed by atoms with Gasteiger partial charge in [0.1, 0.15) is 19.5 Å². The van der Waals surface area contributed by atoms with E-state index in [1.807, 2.05) is 0 Å². The number of carbonyl (C=O) groups excluding carboxylic acids is 1. The predicted molar refractivity (Wildman–Crippen MR) is 81.8 cm³/mol. The zero-order chi connectivity index (χ0) is 16.7. The summed E-state index contributed by atoms with van der Waals surface area (Å²) < 4.78 is 25.9. The number of hydrogen-bond donors (Lipinski definition) is 1. The van der Waals surface area contributed by atoms with Gasteiger partial charge in [-0.15, -0.1) is 0 Å². The maximum Gasteiger partial charge on any atom is 0.309 e. The summed E-state index contributed by atoms with van der Waals surface area (Å²) in [5.74, 6) is 1.05. The fraction of sp³-hybridized carbons (Fsp3) is 0.333. The highest BCUT2D eigenvalue weighted by Crippen LogP contribution is 2.37. The van der Waals surface area contributed by atoms with Gasteiger partial charge in [-0.2, -0.15) is 5.10 Å². The highest BCUT2D eigenvalue weighted by molar-refractivity contribution is 5.92. The third kappa shape index (κ3) is 4.06. The van der Waals surface area contributed by atoms with E-state index in [9.17, 15) is 4.79 Å². The van der Waals surface area contributed by atoms with Gasteiger partial charge in [-0.3, -0.25) is 4.79 Å². The van der Waals surface area contributed by atoms with E-state index in [0.29, 0.717) is 36.0 Å². The largest absolute Gasteiger partial charge is 0.494 e. The third-order valence-corrected chi connectivity index (χ3v) is 2.94. The summed E-state index contributed by atoms with van der Waals surface area (Å²) in [6.45, 7) is 0.751. The van der Waals surface area contributed by atoms with Crippen molar-refractivity contribution in [3.05, 3.63) is 29.7 Å². The van der Waals surface area contributed by atoms with Gasteiger partial charge in [-0.1, -0.05) is 0 Å². The molecule has 1 amide bonds. The summed E-state index contributed by atoms with van der Waals surface area (Å²) in [6.07, 6.45) is 2.71. The quantitative estimate of drug-likeness (QED) is 0.622. The maximum atomic E-state index is 11.8. The minimum Gasteiger partial charge on any atom is -0.494 e. The van der Waals surface area contributed by atoms with Crippen LogP contribution < -0.4 is 19.6 Å². The van der Waals surface area contributed by atoms with E-state index in [1.54, 1.807) is 12.1 Å². The Bertz CT molecular complexity index is 601. The molecular formula is C15H18N2O6. The van der Waals surface area contributed by atoms with Gasteiger partial charge in [-0.25, -0.2) is 5.43 Å². The van der Waals surface area contributed by atoms with Crippen molar-refractivity contribution in [2.75, 3.05) is 34.5 Å². The molecule has 1 aliphatic rings. The molecule has 0 bridgehead atoms. The van der Waals surface area contributed by atoms with Crippen LogP contribution in [0.2, 0.25) is 0 Å². The molecule has 0 radical (unpaired) electrons. The van der Waals surface area contributed by atoms with Crippen LogP contribution in [0.1, 0.15) is 5.56 Å². The van der Waals surface area contributed by atoms with Crippen LogP contribution in [-0.2, 0) is 14.3 Å². The lowest BCUT2D eigenvalue weighted by Crippen LogP contribution is -2.24. The molecular weight excluding hydrogens is 304 g/mol. The topological polar surface area (TPSA) is 87.6 Å². The number of rotatable bonds is 6. The molecule has 0 aromatic heterocycles. The van der Waals surface area contributed by atoms with Gasteiger partial charge in [0, 0.05) is 5.56 Å². The summed E-state index contributed by atoms with van der Waals surface area (Å²) in [4.78, 5) is 11.8. The number of nitrogens with zero attached hydrogens (tertiary/aromatic N) is 1. The summed E-state index contributed by atoms with van der Waals surface area (Å²) in [5.41, 5.74) is 3.01. The first-order valence-corrected chi connectivity index (χ1v) is 6.77. The van der Waals surface area contributed by atoms with E-state index >= 15 is 0 Å². The number of nitrogens with one attached hydrogen (secondary N) is 1. The fourth-order valence-corrected chi connectivity index (χ4v) is 1.88. The van der Waals surface area contributed by atoms with Crippen molar-refractivity contribution < 1.29 is 28.5 Å². The van der Waals surface area contributed by atoms with Crippen molar-refractivity contribution in [3.8, 4) is 17.2 Å². The molecule has 0 saturated carbocycles. The number of hydrazone groups is 1. The van der Waals surface area contributed by atoms with Crippen molar-refractivity contribution in [1.82, 2.24) is 5.43 Å². The van der Waals surface area contributed by atoms with Crippen molar-refractivity contribution in [2.24, 2.45) is 5.10 Å².